The maximum atomic E-state index is 9.69. The highest BCUT2D eigenvalue weighted by Crippen LogP contribution is 1.98. The quantitative estimate of drug-likeness (QED) is 0.736. The fourth-order valence-electron chi connectivity index (χ4n) is 1.56. The third kappa shape index (κ3) is 6.69. The van der Waals surface area contributed by atoms with E-state index in [2.05, 4.69) is 24.1 Å². The molecule has 1 aromatic rings. The summed E-state index contributed by atoms with van der Waals surface area (Å²) in [4.78, 5) is 4.38. The van der Waals surface area contributed by atoms with E-state index in [1.165, 1.54) is 0 Å². The monoisotopic (exact) mass is 252 g/mol. The Morgan fingerprint density at radius 1 is 1.33 bits per heavy atom. The molecule has 0 aliphatic rings. The number of ether oxygens (including phenoxy) is 1. The zero-order valence-corrected chi connectivity index (χ0v) is 11.5. The van der Waals surface area contributed by atoms with Crippen molar-refractivity contribution < 1.29 is 9.84 Å². The smallest absolute Gasteiger partial charge is 0.0897 e. The Bertz CT molecular complexity index is 342. The zero-order chi connectivity index (χ0) is 13.4. The van der Waals surface area contributed by atoms with Crippen molar-refractivity contribution in [2.45, 2.75) is 33.4 Å². The minimum absolute atomic E-state index is 0.381. The number of hydrogen-bond acceptors (Lipinski definition) is 4. The van der Waals surface area contributed by atoms with Crippen LogP contribution in [0.15, 0.2) is 18.2 Å². The van der Waals surface area contributed by atoms with Crippen molar-refractivity contribution in [3.63, 3.8) is 0 Å². The molecule has 102 valence electrons. The fourth-order valence-corrected chi connectivity index (χ4v) is 1.56. The molecule has 0 amide bonds. The van der Waals surface area contributed by atoms with Crippen LogP contribution in [-0.4, -0.2) is 36.0 Å². The van der Waals surface area contributed by atoms with Crippen LogP contribution >= 0.6 is 0 Å². The van der Waals surface area contributed by atoms with Gasteiger partial charge in [-0.05, 0) is 25.0 Å². The van der Waals surface area contributed by atoms with Gasteiger partial charge in [0, 0.05) is 25.4 Å². The molecule has 4 heteroatoms. The largest absolute Gasteiger partial charge is 0.389 e. The lowest BCUT2D eigenvalue weighted by Crippen LogP contribution is -2.30. The molecule has 2 N–H and O–H groups in total. The van der Waals surface area contributed by atoms with Crippen LogP contribution in [0.3, 0.4) is 0 Å². The molecular formula is C14H24N2O2. The Morgan fingerprint density at radius 3 is 2.78 bits per heavy atom. The van der Waals surface area contributed by atoms with Crippen LogP contribution in [0.4, 0.5) is 0 Å². The molecular weight excluding hydrogens is 228 g/mol. The minimum atomic E-state index is -0.464. The molecule has 18 heavy (non-hydrogen) atoms. The summed E-state index contributed by atoms with van der Waals surface area (Å²) in [6, 6.07) is 5.93. The first-order valence-corrected chi connectivity index (χ1v) is 6.47. The first-order chi connectivity index (χ1) is 8.58. The van der Waals surface area contributed by atoms with E-state index in [0.717, 1.165) is 11.4 Å². The molecule has 0 aliphatic carbocycles. The molecule has 0 bridgehead atoms. The van der Waals surface area contributed by atoms with Crippen LogP contribution in [-0.2, 0) is 11.3 Å². The van der Waals surface area contributed by atoms with Gasteiger partial charge in [0.25, 0.3) is 0 Å². The van der Waals surface area contributed by atoms with E-state index in [0.29, 0.717) is 32.2 Å². The highest BCUT2D eigenvalue weighted by atomic mass is 16.5. The SMILES string of the molecule is Cc1cccc(CNCC(O)COCC(C)C)n1. The number of aliphatic hydroxyl groups is 1. The van der Waals surface area contributed by atoms with Crippen LogP contribution in [0.2, 0.25) is 0 Å². The van der Waals surface area contributed by atoms with Gasteiger partial charge in [-0.1, -0.05) is 19.9 Å². The van der Waals surface area contributed by atoms with Gasteiger partial charge in [-0.15, -0.1) is 0 Å². The number of nitrogens with zero attached hydrogens (tertiary/aromatic N) is 1. The number of aromatic nitrogens is 1. The summed E-state index contributed by atoms with van der Waals surface area (Å²) in [6.07, 6.45) is -0.464. The highest BCUT2D eigenvalue weighted by Gasteiger charge is 2.04. The molecule has 1 heterocycles. The summed E-state index contributed by atoms with van der Waals surface area (Å²) < 4.78 is 5.37. The lowest BCUT2D eigenvalue weighted by molar-refractivity contribution is 0.0260. The topological polar surface area (TPSA) is 54.4 Å². The average molecular weight is 252 g/mol. The Morgan fingerprint density at radius 2 is 2.11 bits per heavy atom. The van der Waals surface area contributed by atoms with Gasteiger partial charge in [-0.3, -0.25) is 4.98 Å². The lowest BCUT2D eigenvalue weighted by atomic mass is 10.2. The van der Waals surface area contributed by atoms with Crippen molar-refractivity contribution in [1.29, 1.82) is 0 Å². The Hall–Kier alpha value is -0.970. The highest BCUT2D eigenvalue weighted by molar-refractivity contribution is 5.09. The van der Waals surface area contributed by atoms with Gasteiger partial charge in [0.05, 0.1) is 18.4 Å². The number of rotatable bonds is 8. The van der Waals surface area contributed by atoms with Gasteiger partial charge in [-0.2, -0.15) is 0 Å². The third-order valence-corrected chi connectivity index (χ3v) is 2.39. The van der Waals surface area contributed by atoms with Gasteiger partial charge in [0.2, 0.25) is 0 Å². The van der Waals surface area contributed by atoms with Crippen molar-refractivity contribution >= 4 is 0 Å². The van der Waals surface area contributed by atoms with Crippen LogP contribution in [0.5, 0.6) is 0 Å². The lowest BCUT2D eigenvalue weighted by Gasteiger charge is -2.13. The maximum absolute atomic E-state index is 9.69. The van der Waals surface area contributed by atoms with Gasteiger partial charge >= 0.3 is 0 Å². The van der Waals surface area contributed by atoms with E-state index in [1.54, 1.807) is 0 Å². The second-order valence-electron chi connectivity index (χ2n) is 4.99. The number of hydrogen-bond donors (Lipinski definition) is 2. The van der Waals surface area contributed by atoms with E-state index < -0.39 is 6.10 Å². The van der Waals surface area contributed by atoms with Crippen molar-refractivity contribution in [2.24, 2.45) is 5.92 Å². The second kappa shape index (κ2) is 8.19. The molecule has 1 unspecified atom stereocenters. The molecule has 1 aromatic heterocycles. The van der Waals surface area contributed by atoms with E-state index in [9.17, 15) is 5.11 Å². The average Bonchev–Trinajstić information content (AvgIpc) is 2.28. The molecule has 0 spiro atoms. The summed E-state index contributed by atoms with van der Waals surface area (Å²) in [7, 11) is 0. The molecule has 1 rings (SSSR count). The molecule has 1 atom stereocenters. The minimum Gasteiger partial charge on any atom is -0.389 e. The molecule has 0 aliphatic heterocycles. The van der Waals surface area contributed by atoms with Crippen molar-refractivity contribution in [2.75, 3.05) is 19.8 Å². The first-order valence-electron chi connectivity index (χ1n) is 6.47. The summed E-state index contributed by atoms with van der Waals surface area (Å²) in [6.45, 7) is 8.42. The fraction of sp³-hybridized carbons (Fsp3) is 0.643. The van der Waals surface area contributed by atoms with Gasteiger partial charge < -0.3 is 15.2 Å². The first kappa shape index (κ1) is 15.1. The Labute approximate surface area is 109 Å². The molecule has 0 radical (unpaired) electrons. The van der Waals surface area contributed by atoms with Crippen molar-refractivity contribution in [3.8, 4) is 0 Å². The van der Waals surface area contributed by atoms with Gasteiger partial charge in [0.1, 0.15) is 0 Å². The molecule has 0 aromatic carbocycles. The van der Waals surface area contributed by atoms with Gasteiger partial charge in [-0.25, -0.2) is 0 Å². The normalized spacial score (nSPS) is 12.9. The van der Waals surface area contributed by atoms with Gasteiger partial charge in [0.15, 0.2) is 0 Å². The summed E-state index contributed by atoms with van der Waals surface area (Å²) in [5, 5.41) is 12.9. The standard InChI is InChI=1S/C14H24N2O2/c1-11(2)9-18-10-14(17)8-15-7-13-6-4-5-12(3)16-13/h4-6,11,14-15,17H,7-10H2,1-3H3. The predicted octanol–water partition coefficient (Wildman–Crippen LogP) is 1.51. The Balaban J connectivity index is 2.13. The zero-order valence-electron chi connectivity index (χ0n) is 11.5. The number of pyridine rings is 1. The Kier molecular flexibility index (Phi) is 6.86. The van der Waals surface area contributed by atoms with E-state index >= 15 is 0 Å². The van der Waals surface area contributed by atoms with Crippen LogP contribution in [0.25, 0.3) is 0 Å². The molecule has 0 saturated heterocycles. The van der Waals surface area contributed by atoms with Crippen molar-refractivity contribution in [1.82, 2.24) is 10.3 Å². The number of aliphatic hydroxyl groups excluding tert-OH is 1. The van der Waals surface area contributed by atoms with E-state index in [-0.39, 0.29) is 0 Å². The van der Waals surface area contributed by atoms with E-state index in [4.69, 9.17) is 4.74 Å². The van der Waals surface area contributed by atoms with Crippen LogP contribution < -0.4 is 5.32 Å². The second-order valence-corrected chi connectivity index (χ2v) is 4.99. The summed E-state index contributed by atoms with van der Waals surface area (Å²) in [5.41, 5.74) is 2.00. The summed E-state index contributed by atoms with van der Waals surface area (Å²) >= 11 is 0. The summed E-state index contributed by atoms with van der Waals surface area (Å²) in [5.74, 6) is 0.502. The predicted molar refractivity (Wildman–Crippen MR) is 72.3 cm³/mol. The van der Waals surface area contributed by atoms with Crippen molar-refractivity contribution in [3.05, 3.63) is 29.6 Å². The molecule has 0 saturated carbocycles. The van der Waals surface area contributed by atoms with Crippen LogP contribution in [0.1, 0.15) is 25.2 Å². The van der Waals surface area contributed by atoms with Crippen LogP contribution in [0, 0.1) is 12.8 Å². The maximum Gasteiger partial charge on any atom is 0.0897 e. The molecule has 0 fully saturated rings. The number of aryl methyl sites for hydroxylation is 1. The third-order valence-electron chi connectivity index (χ3n) is 2.39. The number of nitrogens with one attached hydrogen (secondary N) is 1. The van der Waals surface area contributed by atoms with E-state index in [1.807, 2.05) is 25.1 Å². The molecule has 4 nitrogen and oxygen atoms in total.